The first kappa shape index (κ1) is 17.7. The quantitative estimate of drug-likeness (QED) is 0.759. The first-order valence-electron chi connectivity index (χ1n) is 7.78. The molecule has 0 heterocycles. The van der Waals surface area contributed by atoms with Gasteiger partial charge in [0.2, 0.25) is 5.91 Å². The molecule has 2 aromatic rings. The van der Waals surface area contributed by atoms with Crippen LogP contribution in [0.2, 0.25) is 0 Å². The summed E-state index contributed by atoms with van der Waals surface area (Å²) in [5.74, 6) is -0.426. The minimum atomic E-state index is -1.23. The van der Waals surface area contributed by atoms with Crippen LogP contribution < -0.4 is 10.6 Å². The summed E-state index contributed by atoms with van der Waals surface area (Å²) in [6.07, 6.45) is -0.0356. The summed E-state index contributed by atoms with van der Waals surface area (Å²) < 4.78 is 0. The first-order chi connectivity index (χ1) is 11.4. The molecule has 2 amide bonds. The predicted molar refractivity (Wildman–Crippen MR) is 92.3 cm³/mol. The highest BCUT2D eigenvalue weighted by Gasteiger charge is 2.26. The third-order valence-corrected chi connectivity index (χ3v) is 3.81. The summed E-state index contributed by atoms with van der Waals surface area (Å²) in [6.45, 7) is 1.92. The van der Waals surface area contributed by atoms with Gasteiger partial charge in [0.05, 0.1) is 12.0 Å². The van der Waals surface area contributed by atoms with Crippen molar-refractivity contribution in [2.75, 3.05) is 7.05 Å². The Morgan fingerprint density at radius 2 is 1.79 bits per heavy atom. The number of nitrogens with one attached hydrogen (secondary N) is 2. The van der Waals surface area contributed by atoms with E-state index in [0.717, 1.165) is 5.56 Å². The van der Waals surface area contributed by atoms with Crippen molar-refractivity contribution in [1.29, 1.82) is 0 Å². The Morgan fingerprint density at radius 3 is 2.46 bits per heavy atom. The Bertz CT molecular complexity index is 712. The molecule has 1 atom stereocenters. The molecule has 2 rings (SSSR count). The van der Waals surface area contributed by atoms with Gasteiger partial charge in [-0.05, 0) is 30.2 Å². The number of hydrogen-bond acceptors (Lipinski definition) is 3. The minimum absolute atomic E-state index is 0.0356. The second kappa shape index (κ2) is 7.75. The molecule has 126 valence electrons. The second-order valence-electron chi connectivity index (χ2n) is 5.87. The third kappa shape index (κ3) is 4.67. The van der Waals surface area contributed by atoms with E-state index in [1.165, 1.54) is 0 Å². The van der Waals surface area contributed by atoms with Gasteiger partial charge in [-0.15, -0.1) is 0 Å². The van der Waals surface area contributed by atoms with Crippen molar-refractivity contribution in [2.24, 2.45) is 0 Å². The summed E-state index contributed by atoms with van der Waals surface area (Å²) in [5.41, 5.74) is 0.834. The van der Waals surface area contributed by atoms with Crippen LogP contribution in [0.5, 0.6) is 0 Å². The van der Waals surface area contributed by atoms with E-state index in [1.54, 1.807) is 44.3 Å². The summed E-state index contributed by atoms with van der Waals surface area (Å²) in [6, 6.07) is 16.1. The largest absolute Gasteiger partial charge is 0.385 e. The molecule has 1 unspecified atom stereocenters. The molecule has 0 spiro atoms. The Labute approximate surface area is 141 Å². The lowest BCUT2D eigenvalue weighted by Crippen LogP contribution is -2.32. The van der Waals surface area contributed by atoms with Gasteiger partial charge >= 0.3 is 0 Å². The molecule has 24 heavy (non-hydrogen) atoms. The molecular weight excluding hydrogens is 304 g/mol. The van der Waals surface area contributed by atoms with E-state index in [9.17, 15) is 14.7 Å². The molecule has 0 bridgehead atoms. The lowest BCUT2D eigenvalue weighted by atomic mass is 9.92. The molecule has 0 aromatic heterocycles. The minimum Gasteiger partial charge on any atom is -0.385 e. The highest BCUT2D eigenvalue weighted by atomic mass is 16.3. The van der Waals surface area contributed by atoms with Crippen molar-refractivity contribution in [3.8, 4) is 0 Å². The Balaban J connectivity index is 1.95. The lowest BCUT2D eigenvalue weighted by Gasteiger charge is -2.23. The molecular formula is C19H22N2O3. The maximum atomic E-state index is 12.1. The Kier molecular flexibility index (Phi) is 5.71. The van der Waals surface area contributed by atoms with Crippen molar-refractivity contribution in [3.63, 3.8) is 0 Å². The molecule has 2 aromatic carbocycles. The van der Waals surface area contributed by atoms with Crippen LogP contribution in [0.25, 0.3) is 0 Å². The normalized spacial score (nSPS) is 13.0. The van der Waals surface area contributed by atoms with Crippen LogP contribution in [0.1, 0.15) is 34.8 Å². The zero-order valence-electron chi connectivity index (χ0n) is 13.9. The third-order valence-electron chi connectivity index (χ3n) is 3.81. The highest BCUT2D eigenvalue weighted by molar-refractivity contribution is 5.94. The number of aliphatic hydroxyl groups is 1. The van der Waals surface area contributed by atoms with Gasteiger partial charge in [-0.3, -0.25) is 9.59 Å². The van der Waals surface area contributed by atoms with Gasteiger partial charge in [-0.1, -0.05) is 42.5 Å². The molecule has 0 saturated carbocycles. The molecule has 0 saturated heterocycles. The smallest absolute Gasteiger partial charge is 0.251 e. The Morgan fingerprint density at radius 1 is 1.08 bits per heavy atom. The zero-order chi connectivity index (χ0) is 17.6. The van der Waals surface area contributed by atoms with E-state index in [4.69, 9.17) is 0 Å². The fourth-order valence-corrected chi connectivity index (χ4v) is 2.44. The van der Waals surface area contributed by atoms with Gasteiger partial charge in [0.1, 0.15) is 0 Å². The lowest BCUT2D eigenvalue weighted by molar-refractivity contribution is -0.126. The Hall–Kier alpha value is -2.66. The van der Waals surface area contributed by atoms with Crippen LogP contribution in [0.3, 0.4) is 0 Å². The van der Waals surface area contributed by atoms with Gasteiger partial charge in [-0.25, -0.2) is 0 Å². The first-order valence-corrected chi connectivity index (χ1v) is 7.78. The van der Waals surface area contributed by atoms with Crippen molar-refractivity contribution in [3.05, 3.63) is 71.3 Å². The van der Waals surface area contributed by atoms with Crippen LogP contribution in [0.4, 0.5) is 0 Å². The van der Waals surface area contributed by atoms with Gasteiger partial charge in [-0.2, -0.15) is 0 Å². The summed E-state index contributed by atoms with van der Waals surface area (Å²) >= 11 is 0. The van der Waals surface area contributed by atoms with Crippen molar-refractivity contribution >= 4 is 11.8 Å². The van der Waals surface area contributed by atoms with E-state index in [1.807, 2.05) is 24.3 Å². The number of hydrogen-bond donors (Lipinski definition) is 3. The highest BCUT2D eigenvalue weighted by Crippen LogP contribution is 2.23. The fraction of sp³-hybridized carbons (Fsp3) is 0.263. The molecule has 0 aliphatic heterocycles. The predicted octanol–water partition coefficient (Wildman–Crippen LogP) is 1.96. The number of carbonyl (C=O) groups excluding carboxylic acids is 2. The summed E-state index contributed by atoms with van der Waals surface area (Å²) in [4.78, 5) is 23.7. The summed E-state index contributed by atoms with van der Waals surface area (Å²) in [7, 11) is 1.57. The van der Waals surface area contributed by atoms with Crippen LogP contribution in [-0.4, -0.2) is 24.0 Å². The monoisotopic (exact) mass is 326 g/mol. The maximum absolute atomic E-state index is 12.1. The van der Waals surface area contributed by atoms with Gasteiger partial charge in [0, 0.05) is 19.2 Å². The van der Waals surface area contributed by atoms with E-state index >= 15 is 0 Å². The van der Waals surface area contributed by atoms with Gasteiger partial charge < -0.3 is 15.7 Å². The molecule has 0 radical (unpaired) electrons. The average Bonchev–Trinajstić information content (AvgIpc) is 2.60. The SMILES string of the molecule is CNC(=O)c1cccc(CNC(=O)CC(C)(O)c2ccccc2)c1. The zero-order valence-corrected chi connectivity index (χ0v) is 13.9. The topological polar surface area (TPSA) is 78.4 Å². The number of rotatable bonds is 6. The molecule has 5 heteroatoms. The van der Waals surface area contributed by atoms with E-state index in [-0.39, 0.29) is 18.2 Å². The number of benzene rings is 2. The average molecular weight is 326 g/mol. The van der Waals surface area contributed by atoms with Crippen molar-refractivity contribution in [1.82, 2.24) is 10.6 Å². The van der Waals surface area contributed by atoms with Crippen molar-refractivity contribution < 1.29 is 14.7 Å². The number of carbonyl (C=O) groups is 2. The van der Waals surface area contributed by atoms with Crippen LogP contribution in [0.15, 0.2) is 54.6 Å². The molecule has 0 aliphatic carbocycles. The molecule has 5 nitrogen and oxygen atoms in total. The van der Waals surface area contributed by atoms with Crippen molar-refractivity contribution in [2.45, 2.75) is 25.5 Å². The fourth-order valence-electron chi connectivity index (χ4n) is 2.44. The van der Waals surface area contributed by atoms with Gasteiger partial charge in [0.15, 0.2) is 0 Å². The van der Waals surface area contributed by atoms with Gasteiger partial charge in [0.25, 0.3) is 5.91 Å². The molecule has 0 fully saturated rings. The molecule has 0 aliphatic rings. The van der Waals surface area contributed by atoms with Crippen LogP contribution >= 0.6 is 0 Å². The van der Waals surface area contributed by atoms with E-state index in [2.05, 4.69) is 10.6 Å². The standard InChI is InChI=1S/C19H22N2O3/c1-19(24,16-9-4-3-5-10-16)12-17(22)21-13-14-7-6-8-15(11-14)18(23)20-2/h3-11,24H,12-13H2,1-2H3,(H,20,23)(H,21,22). The number of amides is 2. The van der Waals surface area contributed by atoms with Crippen LogP contribution in [-0.2, 0) is 16.9 Å². The molecule has 3 N–H and O–H groups in total. The maximum Gasteiger partial charge on any atom is 0.251 e. The summed E-state index contributed by atoms with van der Waals surface area (Å²) in [5, 5.41) is 15.8. The van der Waals surface area contributed by atoms with E-state index in [0.29, 0.717) is 17.7 Å². The second-order valence-corrected chi connectivity index (χ2v) is 5.87. The van der Waals surface area contributed by atoms with E-state index < -0.39 is 5.60 Å². The van der Waals surface area contributed by atoms with Crippen LogP contribution in [0, 0.1) is 0 Å².